The van der Waals surface area contributed by atoms with E-state index in [0.29, 0.717) is 30.7 Å². The fourth-order valence-corrected chi connectivity index (χ4v) is 7.21. The van der Waals surface area contributed by atoms with Crippen molar-refractivity contribution >= 4 is 63.7 Å². The molecule has 0 atom stereocenters. The van der Waals surface area contributed by atoms with Crippen molar-refractivity contribution < 1.29 is 20.4 Å². The van der Waals surface area contributed by atoms with Gasteiger partial charge in [0.1, 0.15) is 23.0 Å². The summed E-state index contributed by atoms with van der Waals surface area (Å²) in [4.78, 5) is 0. The van der Waals surface area contributed by atoms with E-state index in [1.165, 1.54) is 0 Å². The van der Waals surface area contributed by atoms with Gasteiger partial charge in [0.05, 0.1) is 17.9 Å². The molecule has 0 aliphatic rings. The summed E-state index contributed by atoms with van der Waals surface area (Å²) < 4.78 is 2.30. The standard InChI is InChI=1S/C30H26Br4O4/c1-29(17-3-7-21(35)8-4-17,18-5-9-22(36)10-6-18)11-12-30(2,19-13-23(31)27(37)24(32)14-19)20-15-25(33)28(38)26(34)16-20/h3-10,13-16,35-38H,11-12H2,1-2H3. The Morgan fingerprint density at radius 1 is 0.474 bits per heavy atom. The van der Waals surface area contributed by atoms with Crippen LogP contribution in [0, 0.1) is 0 Å². The minimum atomic E-state index is -0.549. The molecule has 38 heavy (non-hydrogen) atoms. The molecule has 0 saturated heterocycles. The van der Waals surface area contributed by atoms with Gasteiger partial charge in [0.15, 0.2) is 0 Å². The van der Waals surface area contributed by atoms with Crippen LogP contribution < -0.4 is 0 Å². The smallest absolute Gasteiger partial charge is 0.143 e. The summed E-state index contributed by atoms with van der Waals surface area (Å²) in [5, 5.41) is 40.7. The van der Waals surface area contributed by atoms with E-state index in [0.717, 1.165) is 22.3 Å². The summed E-state index contributed by atoms with van der Waals surface area (Å²) in [6.07, 6.45) is 1.38. The number of hydrogen-bond donors (Lipinski definition) is 4. The first-order chi connectivity index (χ1) is 17.8. The SMILES string of the molecule is CC(CCC(C)(c1cc(Br)c(O)c(Br)c1)c1cc(Br)c(O)c(Br)c1)(c1ccc(O)cc1)c1ccc(O)cc1. The number of rotatable bonds is 7. The Morgan fingerprint density at radius 2 is 0.737 bits per heavy atom. The van der Waals surface area contributed by atoms with Crippen LogP contribution in [0.3, 0.4) is 0 Å². The molecule has 4 nitrogen and oxygen atoms in total. The molecule has 0 aromatic heterocycles. The zero-order valence-corrected chi connectivity index (χ0v) is 27.0. The number of phenolic OH excluding ortho intramolecular Hbond substituents is 4. The first-order valence-corrected chi connectivity index (χ1v) is 15.0. The second-order valence-corrected chi connectivity index (χ2v) is 13.3. The van der Waals surface area contributed by atoms with Gasteiger partial charge in [0.2, 0.25) is 0 Å². The van der Waals surface area contributed by atoms with Crippen molar-refractivity contribution in [3.8, 4) is 23.0 Å². The summed E-state index contributed by atoms with van der Waals surface area (Å²) in [6.45, 7) is 4.31. The van der Waals surface area contributed by atoms with Gasteiger partial charge in [-0.25, -0.2) is 0 Å². The van der Waals surface area contributed by atoms with Gasteiger partial charge in [-0.15, -0.1) is 0 Å². The first kappa shape index (κ1) is 29.0. The van der Waals surface area contributed by atoms with Crippen LogP contribution in [0.5, 0.6) is 23.0 Å². The number of phenols is 4. The molecular formula is C30H26Br4O4. The summed E-state index contributed by atoms with van der Waals surface area (Å²) in [5.74, 6) is 0.651. The zero-order chi connectivity index (χ0) is 27.8. The molecule has 4 N–H and O–H groups in total. The Morgan fingerprint density at radius 3 is 1.03 bits per heavy atom. The normalized spacial score (nSPS) is 12.1. The van der Waals surface area contributed by atoms with Crippen LogP contribution in [0.15, 0.2) is 90.7 Å². The van der Waals surface area contributed by atoms with Crippen molar-refractivity contribution in [2.24, 2.45) is 0 Å². The molecule has 4 aromatic carbocycles. The zero-order valence-electron chi connectivity index (χ0n) is 20.6. The van der Waals surface area contributed by atoms with E-state index < -0.39 is 10.8 Å². The van der Waals surface area contributed by atoms with Gasteiger partial charge in [-0.1, -0.05) is 38.1 Å². The minimum absolute atomic E-state index is 0.127. The molecule has 8 heteroatoms. The van der Waals surface area contributed by atoms with E-state index in [2.05, 4.69) is 77.6 Å². The number of hydrogen-bond acceptors (Lipinski definition) is 4. The Kier molecular flexibility index (Phi) is 8.58. The maximum Gasteiger partial charge on any atom is 0.143 e. The molecule has 4 rings (SSSR count). The molecule has 0 amide bonds. The monoisotopic (exact) mass is 766 g/mol. The Labute approximate surface area is 255 Å². The van der Waals surface area contributed by atoms with E-state index >= 15 is 0 Å². The number of benzene rings is 4. The summed E-state index contributed by atoms with van der Waals surface area (Å²) in [7, 11) is 0. The molecule has 0 aliphatic carbocycles. The minimum Gasteiger partial charge on any atom is -0.508 e. The molecule has 0 unspecified atom stereocenters. The maximum atomic E-state index is 10.4. The summed E-state index contributed by atoms with van der Waals surface area (Å²) in [5.41, 5.74) is 3.00. The van der Waals surface area contributed by atoms with E-state index in [1.54, 1.807) is 24.3 Å². The number of aromatic hydroxyl groups is 4. The van der Waals surface area contributed by atoms with E-state index in [4.69, 9.17) is 0 Å². The van der Waals surface area contributed by atoms with Gasteiger partial charge in [-0.2, -0.15) is 0 Å². The highest BCUT2D eigenvalue weighted by Crippen LogP contribution is 2.48. The highest BCUT2D eigenvalue weighted by Gasteiger charge is 2.37. The van der Waals surface area contributed by atoms with Crippen LogP contribution in [0.2, 0.25) is 0 Å². The Hall–Kier alpha value is -2.00. The van der Waals surface area contributed by atoms with Gasteiger partial charge in [-0.05, 0) is 147 Å². The molecular weight excluding hydrogens is 744 g/mol. The third kappa shape index (κ3) is 5.64. The van der Waals surface area contributed by atoms with Crippen molar-refractivity contribution in [3.05, 3.63) is 113 Å². The van der Waals surface area contributed by atoms with Gasteiger partial charge in [0, 0.05) is 10.8 Å². The average molecular weight is 770 g/mol. The highest BCUT2D eigenvalue weighted by molar-refractivity contribution is 9.11. The van der Waals surface area contributed by atoms with Gasteiger partial charge in [0.25, 0.3) is 0 Å². The predicted molar refractivity (Wildman–Crippen MR) is 165 cm³/mol. The average Bonchev–Trinajstić information content (AvgIpc) is 2.89. The fourth-order valence-electron chi connectivity index (χ4n) is 4.84. The Bertz CT molecular complexity index is 1320. The molecule has 198 valence electrons. The molecule has 0 aliphatic heterocycles. The lowest BCUT2D eigenvalue weighted by Crippen LogP contribution is -2.30. The van der Waals surface area contributed by atoms with Gasteiger partial charge < -0.3 is 20.4 Å². The van der Waals surface area contributed by atoms with Gasteiger partial charge in [-0.3, -0.25) is 0 Å². The largest absolute Gasteiger partial charge is 0.508 e. The molecule has 0 spiro atoms. The van der Waals surface area contributed by atoms with E-state index in [-0.39, 0.29) is 23.0 Å². The van der Waals surface area contributed by atoms with Crippen molar-refractivity contribution in [1.29, 1.82) is 0 Å². The third-order valence-corrected chi connectivity index (χ3v) is 9.86. The Balaban J connectivity index is 1.88. The summed E-state index contributed by atoms with van der Waals surface area (Å²) >= 11 is 14.0. The quantitative estimate of drug-likeness (QED) is 0.151. The maximum absolute atomic E-state index is 10.4. The van der Waals surface area contributed by atoms with E-state index in [1.807, 2.05) is 48.5 Å². The molecule has 0 radical (unpaired) electrons. The van der Waals surface area contributed by atoms with Crippen LogP contribution in [-0.4, -0.2) is 20.4 Å². The molecule has 4 aromatic rings. The van der Waals surface area contributed by atoms with Crippen LogP contribution in [0.4, 0.5) is 0 Å². The lowest BCUT2D eigenvalue weighted by Gasteiger charge is -2.38. The third-order valence-electron chi connectivity index (χ3n) is 7.44. The highest BCUT2D eigenvalue weighted by atomic mass is 79.9. The second-order valence-electron chi connectivity index (χ2n) is 9.83. The fraction of sp³-hybridized carbons (Fsp3) is 0.200. The van der Waals surface area contributed by atoms with Crippen LogP contribution in [-0.2, 0) is 10.8 Å². The van der Waals surface area contributed by atoms with Crippen LogP contribution in [0.25, 0.3) is 0 Å². The van der Waals surface area contributed by atoms with Crippen LogP contribution >= 0.6 is 63.7 Å². The summed E-state index contributed by atoms with van der Waals surface area (Å²) in [6, 6.07) is 22.2. The van der Waals surface area contributed by atoms with E-state index in [9.17, 15) is 20.4 Å². The molecule has 0 fully saturated rings. The molecule has 0 heterocycles. The van der Waals surface area contributed by atoms with Crippen molar-refractivity contribution in [2.75, 3.05) is 0 Å². The number of halogens is 4. The van der Waals surface area contributed by atoms with Crippen LogP contribution in [0.1, 0.15) is 48.9 Å². The molecule has 0 saturated carbocycles. The lowest BCUT2D eigenvalue weighted by atomic mass is 9.66. The van der Waals surface area contributed by atoms with Crippen molar-refractivity contribution in [1.82, 2.24) is 0 Å². The topological polar surface area (TPSA) is 80.9 Å². The first-order valence-electron chi connectivity index (χ1n) is 11.8. The predicted octanol–water partition coefficient (Wildman–Crippen LogP) is 9.65. The second kappa shape index (κ2) is 11.2. The van der Waals surface area contributed by atoms with Crippen molar-refractivity contribution in [2.45, 2.75) is 37.5 Å². The van der Waals surface area contributed by atoms with Gasteiger partial charge >= 0.3 is 0 Å². The lowest BCUT2D eigenvalue weighted by molar-refractivity contribution is 0.409. The van der Waals surface area contributed by atoms with Crippen molar-refractivity contribution in [3.63, 3.8) is 0 Å². The molecule has 0 bridgehead atoms.